The Balaban J connectivity index is 1.62. The topological polar surface area (TPSA) is 138 Å². The van der Waals surface area contributed by atoms with E-state index in [-0.39, 0.29) is 33.6 Å². The normalized spacial score (nSPS) is 12.0. The molecule has 1 aliphatic rings. The van der Waals surface area contributed by atoms with Gasteiger partial charge in [0.15, 0.2) is 11.6 Å². The Morgan fingerprint density at radius 1 is 0.711 bits per heavy atom. The summed E-state index contributed by atoms with van der Waals surface area (Å²) >= 11 is 0. The number of hydrogen-bond acceptors (Lipinski definition) is 6. The molecule has 0 fully saturated rings. The third-order valence-corrected chi connectivity index (χ3v) is 6.13. The van der Waals surface area contributed by atoms with Gasteiger partial charge in [0.25, 0.3) is 5.91 Å². The van der Waals surface area contributed by atoms with Crippen LogP contribution in [0.25, 0.3) is 10.8 Å². The lowest BCUT2D eigenvalue weighted by molar-refractivity contribution is -0.140. The molecule has 0 spiro atoms. The highest BCUT2D eigenvalue weighted by atomic mass is 16.5. The molecule has 4 aromatic rings. The van der Waals surface area contributed by atoms with Crippen LogP contribution < -0.4 is 4.74 Å². The van der Waals surface area contributed by atoms with Gasteiger partial charge in [-0.25, -0.2) is 0 Å². The van der Waals surface area contributed by atoms with Gasteiger partial charge in [0.2, 0.25) is 0 Å². The second kappa shape index (κ2) is 9.62. The van der Waals surface area contributed by atoms with Gasteiger partial charge in [0.05, 0.1) is 5.56 Å². The number of ether oxygens (including phenoxy) is 1. The summed E-state index contributed by atoms with van der Waals surface area (Å²) in [6, 6.07) is 21.4. The summed E-state index contributed by atoms with van der Waals surface area (Å²) < 4.78 is 6.15. The molecule has 0 heterocycles. The number of aliphatic carboxylic acids is 2. The number of amides is 1. The molecule has 0 radical (unpaired) electrons. The number of para-hydroxylation sites is 1. The number of rotatable bonds is 7. The molecule has 9 heteroatoms. The third kappa shape index (κ3) is 4.37. The van der Waals surface area contributed by atoms with Crippen LogP contribution in [0.1, 0.15) is 42.2 Å². The van der Waals surface area contributed by atoms with Crippen molar-refractivity contribution in [2.24, 2.45) is 0 Å². The first-order valence-corrected chi connectivity index (χ1v) is 11.5. The van der Waals surface area contributed by atoms with Gasteiger partial charge in [0, 0.05) is 27.6 Å². The van der Waals surface area contributed by atoms with E-state index < -0.39 is 42.5 Å². The average molecular weight is 509 g/mol. The zero-order valence-electron chi connectivity index (χ0n) is 19.7. The molecule has 0 bridgehead atoms. The summed E-state index contributed by atoms with van der Waals surface area (Å²) in [5.41, 5.74) is 0.0970. The van der Waals surface area contributed by atoms with E-state index in [0.717, 1.165) is 0 Å². The molecule has 188 valence electrons. The van der Waals surface area contributed by atoms with E-state index in [1.54, 1.807) is 54.6 Å². The van der Waals surface area contributed by atoms with Gasteiger partial charge in [-0.15, -0.1) is 0 Å². The monoisotopic (exact) mass is 509 g/mol. The molecule has 38 heavy (non-hydrogen) atoms. The molecule has 5 rings (SSSR count). The number of nitrogens with zero attached hydrogens (tertiary/aromatic N) is 1. The minimum atomic E-state index is -1.39. The number of benzene rings is 4. The summed E-state index contributed by atoms with van der Waals surface area (Å²) in [5.74, 6) is -3.95. The third-order valence-electron chi connectivity index (χ3n) is 6.13. The summed E-state index contributed by atoms with van der Waals surface area (Å²) in [7, 11) is 0. The van der Waals surface area contributed by atoms with Crippen molar-refractivity contribution < 1.29 is 38.9 Å². The molecule has 0 aliphatic heterocycles. The minimum Gasteiger partial charge on any atom is -0.480 e. The highest BCUT2D eigenvalue weighted by Gasteiger charge is 2.35. The second-order valence-corrected chi connectivity index (χ2v) is 8.63. The van der Waals surface area contributed by atoms with Gasteiger partial charge < -0.3 is 19.8 Å². The fourth-order valence-corrected chi connectivity index (χ4v) is 4.48. The van der Waals surface area contributed by atoms with E-state index in [1.807, 2.05) is 6.07 Å². The van der Waals surface area contributed by atoms with Crippen molar-refractivity contribution in [1.82, 2.24) is 4.90 Å². The van der Waals surface area contributed by atoms with Crippen LogP contribution >= 0.6 is 0 Å². The standard InChI is InChI=1S/C29H19NO8/c31-23(32)14-30(15-24(33)34)29(37)17-10-11-20-21(13-17)26(35)22-12-16-6-4-5-9-19(16)28(25(22)27(20)36)38-18-7-2-1-3-8-18/h1-13H,14-15H2,(H,31,32)(H,33,34). The number of carbonyl (C=O) groups is 5. The first-order valence-electron chi connectivity index (χ1n) is 11.5. The molecule has 1 amide bonds. The number of carboxylic acids is 2. The zero-order chi connectivity index (χ0) is 27.0. The van der Waals surface area contributed by atoms with Crippen molar-refractivity contribution in [3.8, 4) is 11.5 Å². The van der Waals surface area contributed by atoms with E-state index in [1.165, 1.54) is 18.2 Å². The fraction of sp³-hybridized carbons (Fsp3) is 0.0690. The summed E-state index contributed by atoms with van der Waals surface area (Å²) in [4.78, 5) is 63.3. The molecule has 9 nitrogen and oxygen atoms in total. The Bertz CT molecular complexity index is 1640. The van der Waals surface area contributed by atoms with E-state index >= 15 is 0 Å². The molecule has 0 saturated heterocycles. The van der Waals surface area contributed by atoms with Crippen LogP contribution in [-0.2, 0) is 9.59 Å². The number of carbonyl (C=O) groups excluding carboxylic acids is 3. The molecule has 1 aliphatic carbocycles. The minimum absolute atomic E-state index is 0.0418. The Kier molecular flexibility index (Phi) is 6.18. The van der Waals surface area contributed by atoms with Crippen LogP contribution in [0.15, 0.2) is 78.9 Å². The summed E-state index contributed by atoms with van der Waals surface area (Å²) in [6.07, 6.45) is 0. The van der Waals surface area contributed by atoms with E-state index in [9.17, 15) is 24.0 Å². The van der Waals surface area contributed by atoms with Crippen LogP contribution in [0.4, 0.5) is 0 Å². The lowest BCUT2D eigenvalue weighted by atomic mass is 9.81. The number of fused-ring (bicyclic) bond motifs is 3. The van der Waals surface area contributed by atoms with Crippen molar-refractivity contribution in [1.29, 1.82) is 0 Å². The Hall–Kier alpha value is -5.31. The van der Waals surface area contributed by atoms with Crippen molar-refractivity contribution in [2.45, 2.75) is 0 Å². The molecule has 2 N–H and O–H groups in total. The fourth-order valence-electron chi connectivity index (χ4n) is 4.48. The zero-order valence-corrected chi connectivity index (χ0v) is 19.7. The molecular weight excluding hydrogens is 490 g/mol. The lowest BCUT2D eigenvalue weighted by Crippen LogP contribution is -2.39. The van der Waals surface area contributed by atoms with Crippen LogP contribution in [0.2, 0.25) is 0 Å². The van der Waals surface area contributed by atoms with Gasteiger partial charge in [0.1, 0.15) is 24.6 Å². The van der Waals surface area contributed by atoms with Crippen LogP contribution in [0.5, 0.6) is 11.5 Å². The number of ketones is 2. The lowest BCUT2D eigenvalue weighted by Gasteiger charge is -2.23. The van der Waals surface area contributed by atoms with E-state index in [2.05, 4.69) is 0 Å². The van der Waals surface area contributed by atoms with E-state index in [0.29, 0.717) is 21.4 Å². The Morgan fingerprint density at radius 2 is 1.37 bits per heavy atom. The SMILES string of the molecule is O=C(O)CN(CC(=O)O)C(=O)c1ccc2c(c1)C(=O)c1cc3ccccc3c(Oc3ccccc3)c1C2=O. The molecule has 0 unspecified atom stereocenters. The highest BCUT2D eigenvalue weighted by Crippen LogP contribution is 2.41. The molecule has 0 saturated carbocycles. The Labute approximate surface area is 215 Å². The van der Waals surface area contributed by atoms with Crippen molar-refractivity contribution in [3.63, 3.8) is 0 Å². The van der Waals surface area contributed by atoms with Gasteiger partial charge in [-0.2, -0.15) is 0 Å². The average Bonchev–Trinajstić information content (AvgIpc) is 2.90. The predicted octanol–water partition coefficient (Wildman–Crippen LogP) is 4.02. The van der Waals surface area contributed by atoms with Gasteiger partial charge in [-0.3, -0.25) is 24.0 Å². The first-order chi connectivity index (χ1) is 18.2. The van der Waals surface area contributed by atoms with Gasteiger partial charge >= 0.3 is 11.9 Å². The van der Waals surface area contributed by atoms with Crippen molar-refractivity contribution >= 4 is 40.2 Å². The number of carboxylic acid groups (broad SMARTS) is 2. The largest absolute Gasteiger partial charge is 0.480 e. The first kappa shape index (κ1) is 24.4. The molecule has 4 aromatic carbocycles. The van der Waals surface area contributed by atoms with Crippen molar-refractivity contribution in [3.05, 3.63) is 107 Å². The molecule has 0 atom stereocenters. The van der Waals surface area contributed by atoms with Crippen LogP contribution in [0, 0.1) is 0 Å². The quantitative estimate of drug-likeness (QED) is 0.336. The molecule has 0 aromatic heterocycles. The maximum atomic E-state index is 13.7. The van der Waals surface area contributed by atoms with Gasteiger partial charge in [-0.05, 0) is 41.8 Å². The highest BCUT2D eigenvalue weighted by molar-refractivity contribution is 6.31. The maximum Gasteiger partial charge on any atom is 0.323 e. The van der Waals surface area contributed by atoms with Crippen LogP contribution in [0.3, 0.4) is 0 Å². The second-order valence-electron chi connectivity index (χ2n) is 8.63. The summed E-state index contributed by atoms with van der Waals surface area (Å²) in [5, 5.41) is 19.5. The smallest absolute Gasteiger partial charge is 0.323 e. The van der Waals surface area contributed by atoms with Crippen molar-refractivity contribution in [2.75, 3.05) is 13.1 Å². The van der Waals surface area contributed by atoms with Crippen LogP contribution in [-0.4, -0.2) is 57.6 Å². The van der Waals surface area contributed by atoms with Gasteiger partial charge in [-0.1, -0.05) is 42.5 Å². The molecular formula is C29H19NO8. The Morgan fingerprint density at radius 3 is 2.05 bits per heavy atom. The van der Waals surface area contributed by atoms with E-state index in [4.69, 9.17) is 14.9 Å². The number of hydrogen-bond donors (Lipinski definition) is 2. The maximum absolute atomic E-state index is 13.7. The predicted molar refractivity (Wildman–Crippen MR) is 135 cm³/mol. The summed E-state index contributed by atoms with van der Waals surface area (Å²) in [6.45, 7) is -1.69.